The topological polar surface area (TPSA) is 84.2 Å². The fraction of sp³-hybridized carbons (Fsp3) is 0.273. The van der Waals surface area contributed by atoms with Crippen LogP contribution in [0, 0.1) is 0 Å². The van der Waals surface area contributed by atoms with Crippen LogP contribution in [0.3, 0.4) is 0 Å². The van der Waals surface area contributed by atoms with E-state index in [0.29, 0.717) is 6.42 Å². The van der Waals surface area contributed by atoms with Crippen molar-refractivity contribution in [3.63, 3.8) is 0 Å². The monoisotopic (exact) mass is 361 g/mol. The Labute approximate surface area is 158 Å². The lowest BCUT2D eigenvalue weighted by Crippen LogP contribution is -2.58. The van der Waals surface area contributed by atoms with Gasteiger partial charge in [-0.25, -0.2) is 0 Å². The Morgan fingerprint density at radius 1 is 1.15 bits per heavy atom. The quantitative estimate of drug-likeness (QED) is 0.783. The molecule has 2 aromatic carbocycles. The molecule has 1 heterocycles. The summed E-state index contributed by atoms with van der Waals surface area (Å²) in [5, 5.41) is 6.44. The summed E-state index contributed by atoms with van der Waals surface area (Å²) in [6.07, 6.45) is 3.06. The number of nitrogens with two attached hydrogens (primary N) is 1. The van der Waals surface area contributed by atoms with E-state index in [1.807, 2.05) is 67.6 Å². The highest BCUT2D eigenvalue weighted by atomic mass is 16.2. The first-order valence-electron chi connectivity index (χ1n) is 9.26. The molecule has 138 valence electrons. The van der Waals surface area contributed by atoms with Crippen molar-refractivity contribution >= 4 is 23.1 Å². The first-order chi connectivity index (χ1) is 13.0. The van der Waals surface area contributed by atoms with Crippen molar-refractivity contribution < 1.29 is 9.59 Å². The van der Waals surface area contributed by atoms with Crippen LogP contribution >= 0.6 is 0 Å². The standard InChI is InChI=1S/C22H23N3O2/c1-14(15-7-3-2-4-8-15)20(26)25-22(21(23)27)12-11-19-17(13-22)16-9-5-6-10-18(16)24-19/h2-10,13-14,19,24H,11-12H2,1H3,(H2,23,27)(H,25,26). The minimum Gasteiger partial charge on any atom is -0.378 e. The number of hydrogen-bond donors (Lipinski definition) is 3. The van der Waals surface area contributed by atoms with E-state index in [1.54, 1.807) is 0 Å². The molecule has 2 aliphatic rings. The largest absolute Gasteiger partial charge is 0.378 e. The van der Waals surface area contributed by atoms with E-state index >= 15 is 0 Å². The van der Waals surface area contributed by atoms with Crippen LogP contribution in [0.25, 0.3) is 5.57 Å². The number of hydrogen-bond acceptors (Lipinski definition) is 3. The summed E-state index contributed by atoms with van der Waals surface area (Å²) in [6.45, 7) is 1.84. The van der Waals surface area contributed by atoms with Crippen molar-refractivity contribution in [2.24, 2.45) is 5.73 Å². The number of carbonyl (C=O) groups excluding carboxylic acids is 2. The van der Waals surface area contributed by atoms with E-state index in [1.165, 1.54) is 0 Å². The average molecular weight is 361 g/mol. The van der Waals surface area contributed by atoms with Gasteiger partial charge in [-0.15, -0.1) is 0 Å². The van der Waals surface area contributed by atoms with Crippen molar-refractivity contribution in [3.05, 3.63) is 71.8 Å². The maximum atomic E-state index is 12.9. The molecule has 4 N–H and O–H groups in total. The van der Waals surface area contributed by atoms with Gasteiger partial charge in [0.05, 0.1) is 12.0 Å². The molecule has 0 spiro atoms. The number of carbonyl (C=O) groups is 2. The Kier molecular flexibility index (Phi) is 4.22. The van der Waals surface area contributed by atoms with Crippen LogP contribution in [0.15, 0.2) is 60.7 Å². The van der Waals surface area contributed by atoms with Gasteiger partial charge in [0.1, 0.15) is 5.54 Å². The summed E-state index contributed by atoms with van der Waals surface area (Å²) in [4.78, 5) is 25.3. The molecule has 0 bridgehead atoms. The number of amides is 2. The van der Waals surface area contributed by atoms with Gasteiger partial charge in [-0.2, -0.15) is 0 Å². The molecular formula is C22H23N3O2. The molecule has 0 aromatic heterocycles. The second kappa shape index (κ2) is 6.58. The third-order valence-electron chi connectivity index (χ3n) is 5.65. The van der Waals surface area contributed by atoms with E-state index in [9.17, 15) is 9.59 Å². The van der Waals surface area contributed by atoms with Crippen molar-refractivity contribution in [2.45, 2.75) is 37.3 Å². The summed E-state index contributed by atoms with van der Waals surface area (Å²) in [5.74, 6) is -1.09. The van der Waals surface area contributed by atoms with E-state index in [2.05, 4.69) is 10.6 Å². The van der Waals surface area contributed by atoms with Gasteiger partial charge in [0, 0.05) is 11.3 Å². The maximum Gasteiger partial charge on any atom is 0.247 e. The molecule has 2 amide bonds. The van der Waals surface area contributed by atoms with Gasteiger partial charge in [0.25, 0.3) is 0 Å². The lowest BCUT2D eigenvalue weighted by Gasteiger charge is -2.35. The van der Waals surface area contributed by atoms with Gasteiger partial charge in [0.2, 0.25) is 11.8 Å². The molecule has 3 atom stereocenters. The maximum absolute atomic E-state index is 12.9. The number of nitrogens with one attached hydrogen (secondary N) is 2. The van der Waals surface area contributed by atoms with Crippen molar-refractivity contribution in [2.75, 3.05) is 5.32 Å². The van der Waals surface area contributed by atoms with Gasteiger partial charge < -0.3 is 16.4 Å². The van der Waals surface area contributed by atoms with Gasteiger partial charge in [0.15, 0.2) is 0 Å². The van der Waals surface area contributed by atoms with E-state index < -0.39 is 11.4 Å². The fourth-order valence-corrected chi connectivity index (χ4v) is 4.01. The molecule has 5 nitrogen and oxygen atoms in total. The summed E-state index contributed by atoms with van der Waals surface area (Å²) in [7, 11) is 0. The lowest BCUT2D eigenvalue weighted by molar-refractivity contribution is -0.130. The van der Waals surface area contributed by atoms with Gasteiger partial charge >= 0.3 is 0 Å². The SMILES string of the molecule is CC(C(=O)NC1(C(N)=O)C=C2c3ccccc3NC2CC1)c1ccccc1. The van der Waals surface area contributed by atoms with Crippen LogP contribution in [0.5, 0.6) is 0 Å². The minimum absolute atomic E-state index is 0.151. The van der Waals surface area contributed by atoms with Gasteiger partial charge in [-0.1, -0.05) is 48.5 Å². The first-order valence-corrected chi connectivity index (χ1v) is 9.26. The number of rotatable bonds is 4. The van der Waals surface area contributed by atoms with Crippen molar-refractivity contribution in [3.8, 4) is 0 Å². The second-order valence-electron chi connectivity index (χ2n) is 7.34. The number of primary amides is 1. The summed E-state index contributed by atoms with van der Waals surface area (Å²) in [5.41, 5.74) is 8.67. The predicted octanol–water partition coefficient (Wildman–Crippen LogP) is 2.80. The molecular weight excluding hydrogens is 338 g/mol. The van der Waals surface area contributed by atoms with Crippen LogP contribution in [0.4, 0.5) is 5.69 Å². The highest BCUT2D eigenvalue weighted by Crippen LogP contribution is 2.42. The Balaban J connectivity index is 1.66. The van der Waals surface area contributed by atoms with Gasteiger partial charge in [-0.3, -0.25) is 9.59 Å². The molecule has 0 saturated carbocycles. The second-order valence-corrected chi connectivity index (χ2v) is 7.34. The van der Waals surface area contributed by atoms with Gasteiger partial charge in [-0.05, 0) is 43.0 Å². The Morgan fingerprint density at radius 2 is 1.85 bits per heavy atom. The minimum atomic E-state index is -1.16. The fourth-order valence-electron chi connectivity index (χ4n) is 4.01. The molecule has 0 saturated heterocycles. The Bertz CT molecular complexity index is 922. The van der Waals surface area contributed by atoms with Crippen LogP contribution in [-0.2, 0) is 9.59 Å². The number of anilines is 1. The van der Waals surface area contributed by atoms with Crippen LogP contribution < -0.4 is 16.4 Å². The molecule has 27 heavy (non-hydrogen) atoms. The predicted molar refractivity (Wildman–Crippen MR) is 106 cm³/mol. The smallest absolute Gasteiger partial charge is 0.247 e. The molecule has 1 aliphatic carbocycles. The number of fused-ring (bicyclic) bond motifs is 3. The zero-order valence-corrected chi connectivity index (χ0v) is 15.2. The zero-order valence-electron chi connectivity index (χ0n) is 15.2. The molecule has 5 heteroatoms. The van der Waals surface area contributed by atoms with E-state index in [0.717, 1.165) is 28.8 Å². The summed E-state index contributed by atoms with van der Waals surface area (Å²) in [6, 6.07) is 17.7. The molecule has 4 rings (SSSR count). The third-order valence-corrected chi connectivity index (χ3v) is 5.65. The normalized spacial score (nSPS) is 24.0. The highest BCUT2D eigenvalue weighted by molar-refractivity contribution is 5.98. The number of benzene rings is 2. The summed E-state index contributed by atoms with van der Waals surface area (Å²) < 4.78 is 0. The molecule has 1 aliphatic heterocycles. The van der Waals surface area contributed by atoms with Crippen molar-refractivity contribution in [1.29, 1.82) is 0 Å². The van der Waals surface area contributed by atoms with E-state index in [-0.39, 0.29) is 17.9 Å². The molecule has 0 fully saturated rings. The van der Waals surface area contributed by atoms with Crippen LogP contribution in [0.2, 0.25) is 0 Å². The van der Waals surface area contributed by atoms with E-state index in [4.69, 9.17) is 5.73 Å². The number of para-hydroxylation sites is 1. The third kappa shape index (κ3) is 2.99. The molecule has 3 unspecified atom stereocenters. The van der Waals surface area contributed by atoms with Crippen molar-refractivity contribution in [1.82, 2.24) is 5.32 Å². The lowest BCUT2D eigenvalue weighted by atomic mass is 9.79. The zero-order chi connectivity index (χ0) is 19.0. The molecule has 2 aromatic rings. The Hall–Kier alpha value is -3.08. The van der Waals surface area contributed by atoms with Crippen LogP contribution in [-0.4, -0.2) is 23.4 Å². The molecule has 0 radical (unpaired) electrons. The highest BCUT2D eigenvalue weighted by Gasteiger charge is 2.43. The van der Waals surface area contributed by atoms with Crippen LogP contribution in [0.1, 0.15) is 36.8 Å². The average Bonchev–Trinajstić information content (AvgIpc) is 3.05. The Morgan fingerprint density at radius 3 is 2.59 bits per heavy atom. The summed E-state index contributed by atoms with van der Waals surface area (Å²) >= 11 is 0. The first kappa shape index (κ1) is 17.3.